The molecule has 1 saturated heterocycles. The van der Waals surface area contributed by atoms with Crippen LogP contribution < -0.4 is 0 Å². The fourth-order valence-corrected chi connectivity index (χ4v) is 3.96. The summed E-state index contributed by atoms with van der Waals surface area (Å²) in [5, 5.41) is 1.10. The summed E-state index contributed by atoms with van der Waals surface area (Å²) in [6.07, 6.45) is 2.95. The van der Waals surface area contributed by atoms with E-state index in [9.17, 15) is 9.59 Å². The molecule has 0 aliphatic carbocycles. The van der Waals surface area contributed by atoms with Gasteiger partial charge in [0.15, 0.2) is 0 Å². The Balaban J connectivity index is 1.43. The van der Waals surface area contributed by atoms with Crippen LogP contribution in [0.1, 0.15) is 20.0 Å². The molecule has 122 valence electrons. The molecule has 1 fully saturated rings. The third-order valence-electron chi connectivity index (χ3n) is 4.26. The van der Waals surface area contributed by atoms with Crippen LogP contribution in [0.4, 0.5) is 0 Å². The summed E-state index contributed by atoms with van der Waals surface area (Å²) in [4.78, 5) is 29.3. The minimum absolute atomic E-state index is 0.0438. The number of thiophene rings is 1. The Morgan fingerprint density at radius 1 is 0.958 bits per heavy atom. The molecule has 0 bridgehead atoms. The van der Waals surface area contributed by atoms with Crippen LogP contribution >= 0.6 is 11.3 Å². The number of hydrogen-bond donors (Lipinski definition) is 0. The predicted octanol–water partition coefficient (Wildman–Crippen LogP) is 3.09. The Kier molecular flexibility index (Phi) is 3.82. The van der Waals surface area contributed by atoms with E-state index >= 15 is 0 Å². The standard InChI is InChI=1S/C18H16N2O3S/c21-17(14-5-10-23-12-14)19-6-8-20(9-7-19)18(22)16-11-13-3-1-2-4-15(13)24-16/h1-5,10-12H,6-9H2. The summed E-state index contributed by atoms with van der Waals surface area (Å²) >= 11 is 1.52. The van der Waals surface area contributed by atoms with E-state index < -0.39 is 0 Å². The topological polar surface area (TPSA) is 53.8 Å². The number of furan rings is 1. The first-order chi connectivity index (χ1) is 11.7. The molecule has 0 unspecified atom stereocenters. The van der Waals surface area contributed by atoms with Crippen LogP contribution in [0.3, 0.4) is 0 Å². The van der Waals surface area contributed by atoms with Gasteiger partial charge in [0, 0.05) is 30.9 Å². The highest BCUT2D eigenvalue weighted by molar-refractivity contribution is 7.20. The summed E-state index contributed by atoms with van der Waals surface area (Å²) in [5.74, 6) is 0.00400. The number of fused-ring (bicyclic) bond motifs is 1. The van der Waals surface area contributed by atoms with Gasteiger partial charge in [-0.2, -0.15) is 0 Å². The van der Waals surface area contributed by atoms with E-state index in [0.29, 0.717) is 31.7 Å². The molecule has 3 aromatic rings. The smallest absolute Gasteiger partial charge is 0.264 e. The molecule has 24 heavy (non-hydrogen) atoms. The fourth-order valence-electron chi connectivity index (χ4n) is 2.92. The molecular weight excluding hydrogens is 324 g/mol. The summed E-state index contributed by atoms with van der Waals surface area (Å²) < 4.78 is 6.08. The van der Waals surface area contributed by atoms with Gasteiger partial charge in [0.05, 0.1) is 16.7 Å². The molecule has 6 heteroatoms. The van der Waals surface area contributed by atoms with E-state index in [0.717, 1.165) is 15.0 Å². The number of carbonyl (C=O) groups is 2. The minimum Gasteiger partial charge on any atom is -0.472 e. The second-order valence-electron chi connectivity index (χ2n) is 5.74. The van der Waals surface area contributed by atoms with Crippen molar-refractivity contribution in [3.63, 3.8) is 0 Å². The molecule has 5 nitrogen and oxygen atoms in total. The quantitative estimate of drug-likeness (QED) is 0.720. The van der Waals surface area contributed by atoms with Gasteiger partial charge in [0.2, 0.25) is 0 Å². The highest BCUT2D eigenvalue weighted by Gasteiger charge is 2.26. The average Bonchev–Trinajstić information content (AvgIpc) is 3.30. The zero-order chi connectivity index (χ0) is 16.5. The van der Waals surface area contributed by atoms with Gasteiger partial charge in [-0.25, -0.2) is 0 Å². The SMILES string of the molecule is O=C(c1ccoc1)N1CCN(C(=O)c2cc3ccccc3s2)CC1. The lowest BCUT2D eigenvalue weighted by Crippen LogP contribution is -2.50. The second-order valence-corrected chi connectivity index (χ2v) is 6.83. The molecule has 1 aliphatic rings. The molecule has 1 aromatic carbocycles. The van der Waals surface area contributed by atoms with Gasteiger partial charge in [0.25, 0.3) is 11.8 Å². The Morgan fingerprint density at radius 2 is 1.67 bits per heavy atom. The molecule has 0 radical (unpaired) electrons. The van der Waals surface area contributed by atoms with Crippen molar-refractivity contribution in [1.29, 1.82) is 0 Å². The summed E-state index contributed by atoms with van der Waals surface area (Å²) in [6.45, 7) is 2.19. The van der Waals surface area contributed by atoms with Crippen molar-refractivity contribution in [2.45, 2.75) is 0 Å². The average molecular weight is 340 g/mol. The molecule has 2 aromatic heterocycles. The number of amides is 2. The lowest BCUT2D eigenvalue weighted by Gasteiger charge is -2.34. The van der Waals surface area contributed by atoms with Crippen LogP contribution in [0.15, 0.2) is 53.3 Å². The summed E-state index contributed by atoms with van der Waals surface area (Å²) in [6, 6.07) is 11.6. The van der Waals surface area contributed by atoms with Gasteiger partial charge in [-0.1, -0.05) is 18.2 Å². The van der Waals surface area contributed by atoms with Gasteiger partial charge in [-0.3, -0.25) is 9.59 Å². The van der Waals surface area contributed by atoms with Gasteiger partial charge in [0.1, 0.15) is 6.26 Å². The first-order valence-electron chi connectivity index (χ1n) is 7.82. The van der Waals surface area contributed by atoms with Crippen molar-refractivity contribution < 1.29 is 14.0 Å². The van der Waals surface area contributed by atoms with E-state index in [2.05, 4.69) is 0 Å². The Morgan fingerprint density at radius 3 is 2.33 bits per heavy atom. The van der Waals surface area contributed by atoms with E-state index in [-0.39, 0.29) is 11.8 Å². The van der Waals surface area contributed by atoms with E-state index in [1.54, 1.807) is 11.0 Å². The molecular formula is C18H16N2O3S. The molecule has 0 atom stereocenters. The maximum Gasteiger partial charge on any atom is 0.264 e. The summed E-state index contributed by atoms with van der Waals surface area (Å²) in [7, 11) is 0. The normalized spacial score (nSPS) is 15.0. The summed E-state index contributed by atoms with van der Waals surface area (Å²) in [5.41, 5.74) is 0.555. The van der Waals surface area contributed by atoms with Crippen molar-refractivity contribution in [1.82, 2.24) is 9.80 Å². The van der Waals surface area contributed by atoms with Gasteiger partial charge in [-0.05, 0) is 23.6 Å². The third-order valence-corrected chi connectivity index (χ3v) is 5.36. The molecule has 1 aliphatic heterocycles. The van der Waals surface area contributed by atoms with Crippen molar-refractivity contribution in [3.05, 3.63) is 59.4 Å². The van der Waals surface area contributed by atoms with Gasteiger partial charge < -0.3 is 14.2 Å². The molecule has 2 amide bonds. The molecule has 3 heterocycles. The lowest BCUT2D eigenvalue weighted by molar-refractivity contribution is 0.0537. The molecule has 4 rings (SSSR count). The van der Waals surface area contributed by atoms with Crippen molar-refractivity contribution in [2.75, 3.05) is 26.2 Å². The highest BCUT2D eigenvalue weighted by atomic mass is 32.1. The number of hydrogen-bond acceptors (Lipinski definition) is 4. The minimum atomic E-state index is -0.0438. The third kappa shape index (κ3) is 2.69. The zero-order valence-corrected chi connectivity index (χ0v) is 13.8. The first kappa shape index (κ1) is 15.0. The number of benzene rings is 1. The molecule has 0 spiro atoms. The number of rotatable bonds is 2. The maximum absolute atomic E-state index is 12.7. The molecule has 0 saturated carbocycles. The number of carbonyl (C=O) groups excluding carboxylic acids is 2. The van der Waals surface area contributed by atoms with E-state index in [4.69, 9.17) is 4.42 Å². The predicted molar refractivity (Wildman–Crippen MR) is 92.3 cm³/mol. The van der Waals surface area contributed by atoms with E-state index in [1.165, 1.54) is 23.9 Å². The van der Waals surface area contributed by atoms with Crippen LogP contribution in [-0.4, -0.2) is 47.8 Å². The fraction of sp³-hybridized carbons (Fsp3) is 0.222. The Hall–Kier alpha value is -2.60. The van der Waals surface area contributed by atoms with Crippen molar-refractivity contribution in [3.8, 4) is 0 Å². The van der Waals surface area contributed by atoms with Gasteiger partial charge >= 0.3 is 0 Å². The van der Waals surface area contributed by atoms with Crippen LogP contribution in [0, 0.1) is 0 Å². The largest absolute Gasteiger partial charge is 0.472 e. The van der Waals surface area contributed by atoms with Crippen LogP contribution in [0.25, 0.3) is 10.1 Å². The Bertz CT molecular complexity index is 844. The molecule has 0 N–H and O–H groups in total. The van der Waals surface area contributed by atoms with Crippen molar-refractivity contribution >= 4 is 33.2 Å². The lowest BCUT2D eigenvalue weighted by atomic mass is 10.2. The van der Waals surface area contributed by atoms with Gasteiger partial charge in [-0.15, -0.1) is 11.3 Å². The number of nitrogens with zero attached hydrogens (tertiary/aromatic N) is 2. The zero-order valence-electron chi connectivity index (χ0n) is 13.0. The van der Waals surface area contributed by atoms with Crippen LogP contribution in [-0.2, 0) is 0 Å². The number of piperazine rings is 1. The maximum atomic E-state index is 12.7. The van der Waals surface area contributed by atoms with Crippen molar-refractivity contribution in [2.24, 2.45) is 0 Å². The highest BCUT2D eigenvalue weighted by Crippen LogP contribution is 2.26. The second kappa shape index (κ2) is 6.13. The monoisotopic (exact) mass is 340 g/mol. The Labute approximate surface area is 143 Å². The van der Waals surface area contributed by atoms with Crippen LogP contribution in [0.2, 0.25) is 0 Å². The first-order valence-corrected chi connectivity index (χ1v) is 8.63. The van der Waals surface area contributed by atoms with Crippen LogP contribution in [0.5, 0.6) is 0 Å². The van der Waals surface area contributed by atoms with E-state index in [1.807, 2.05) is 35.2 Å².